The highest BCUT2D eigenvalue weighted by atomic mass is 15.0. The number of hydrogen-bond donors (Lipinski definition) is 1. The van der Waals surface area contributed by atoms with E-state index in [4.69, 9.17) is 9.98 Å². The van der Waals surface area contributed by atoms with Gasteiger partial charge in [0.05, 0.1) is 11.8 Å². The minimum Gasteiger partial charge on any atom is -0.380 e. The molecular weight excluding hydrogens is 500 g/mol. The van der Waals surface area contributed by atoms with Crippen LogP contribution >= 0.6 is 0 Å². The first-order valence-corrected chi connectivity index (χ1v) is 14.1. The van der Waals surface area contributed by atoms with Gasteiger partial charge in [0, 0.05) is 30.7 Å². The highest BCUT2D eigenvalue weighted by Crippen LogP contribution is 2.25. The molecule has 0 saturated heterocycles. The van der Waals surface area contributed by atoms with Crippen molar-refractivity contribution in [3.63, 3.8) is 0 Å². The Morgan fingerprint density at radius 2 is 1.63 bits per heavy atom. The molecule has 204 valence electrons. The first-order valence-electron chi connectivity index (χ1n) is 14.1. The average molecular weight is 537 g/mol. The molecule has 1 N–H and O–H groups in total. The predicted octanol–water partition coefficient (Wildman–Crippen LogP) is 8.31. The van der Waals surface area contributed by atoms with Crippen molar-refractivity contribution in [2.45, 2.75) is 33.2 Å². The molecule has 3 aromatic carbocycles. The third-order valence-corrected chi connectivity index (χ3v) is 7.30. The molecule has 4 aromatic rings. The van der Waals surface area contributed by atoms with Crippen LogP contribution in [0.4, 0.5) is 0 Å². The maximum atomic E-state index is 5.32. The molecular formula is C37H36N4. The number of allylic oxidation sites excluding steroid dienone is 4. The molecule has 4 nitrogen and oxygen atoms in total. The van der Waals surface area contributed by atoms with Crippen LogP contribution in [-0.4, -0.2) is 29.6 Å². The Balaban J connectivity index is 1.61. The summed E-state index contributed by atoms with van der Waals surface area (Å²) in [6, 6.07) is 29.5. The molecule has 0 radical (unpaired) electrons. The maximum Gasteiger partial charge on any atom is 0.155 e. The molecule has 41 heavy (non-hydrogen) atoms. The fourth-order valence-corrected chi connectivity index (χ4v) is 5.24. The topological polar surface area (TPSA) is 49.6 Å². The third kappa shape index (κ3) is 6.50. The van der Waals surface area contributed by atoms with E-state index in [1.807, 2.05) is 32.3 Å². The van der Waals surface area contributed by atoms with E-state index < -0.39 is 0 Å². The fraction of sp³-hybridized carbons (Fsp3) is 0.162. The van der Waals surface area contributed by atoms with Crippen LogP contribution in [0, 0.1) is 6.92 Å². The fourth-order valence-electron chi connectivity index (χ4n) is 5.24. The largest absolute Gasteiger partial charge is 0.380 e. The lowest BCUT2D eigenvalue weighted by molar-refractivity contribution is 0.716. The molecule has 1 atom stereocenters. The standard InChI is InChI=1S/C37H36N4/c1-5-11-33-26(2)12-9-16-34(33)37(38-4)41-36(30-19-17-29(18-20-30)28-13-7-6-8-14-28)35-22-21-31(24-27(3)40-35)32-15-10-23-39-25-32/h5-21,23-25,35,40H,22H2,1-4H3/b11-5-,38-37?,41-36?. The normalized spacial score (nSPS) is 16.1. The third-order valence-electron chi connectivity index (χ3n) is 7.30. The smallest absolute Gasteiger partial charge is 0.155 e. The Kier molecular flexibility index (Phi) is 8.80. The van der Waals surface area contributed by atoms with E-state index in [0.717, 1.165) is 45.7 Å². The zero-order valence-electron chi connectivity index (χ0n) is 24.2. The molecule has 0 spiro atoms. The van der Waals surface area contributed by atoms with Crippen molar-refractivity contribution in [3.05, 3.63) is 149 Å². The summed E-state index contributed by atoms with van der Waals surface area (Å²) in [6.45, 7) is 6.28. The van der Waals surface area contributed by atoms with E-state index in [2.05, 4.69) is 121 Å². The van der Waals surface area contributed by atoms with Crippen LogP contribution in [0.5, 0.6) is 0 Å². The van der Waals surface area contributed by atoms with Crippen LogP contribution < -0.4 is 5.32 Å². The minimum atomic E-state index is -0.0466. The second-order valence-electron chi connectivity index (χ2n) is 10.2. The van der Waals surface area contributed by atoms with Gasteiger partial charge in [0.1, 0.15) is 0 Å². The SMILES string of the molecule is C/C=C\c1c(C)cccc1C(=NC)N=C(c1ccc(-c2ccccc2)cc1)C1CC=C(c2cccnc2)C=C(C)N1. The van der Waals surface area contributed by atoms with Crippen LogP contribution in [-0.2, 0) is 0 Å². The van der Waals surface area contributed by atoms with E-state index >= 15 is 0 Å². The highest BCUT2D eigenvalue weighted by molar-refractivity contribution is 6.15. The molecule has 2 heterocycles. The molecule has 1 aliphatic heterocycles. The van der Waals surface area contributed by atoms with Gasteiger partial charge in [0.25, 0.3) is 0 Å². The van der Waals surface area contributed by atoms with Gasteiger partial charge in [-0.3, -0.25) is 9.98 Å². The second kappa shape index (κ2) is 13.0. The lowest BCUT2D eigenvalue weighted by Gasteiger charge is -2.21. The van der Waals surface area contributed by atoms with Crippen molar-refractivity contribution in [1.82, 2.24) is 10.3 Å². The van der Waals surface area contributed by atoms with Gasteiger partial charge < -0.3 is 5.32 Å². The Labute approximate surface area is 243 Å². The van der Waals surface area contributed by atoms with Gasteiger partial charge in [-0.05, 0) is 78.3 Å². The number of hydrogen-bond acceptors (Lipinski definition) is 3. The highest BCUT2D eigenvalue weighted by Gasteiger charge is 2.22. The van der Waals surface area contributed by atoms with Crippen molar-refractivity contribution in [2.24, 2.45) is 9.98 Å². The van der Waals surface area contributed by atoms with Gasteiger partial charge >= 0.3 is 0 Å². The summed E-state index contributed by atoms with van der Waals surface area (Å²) in [5.74, 6) is 0.716. The average Bonchev–Trinajstić information content (AvgIpc) is 3.21. The maximum absolute atomic E-state index is 5.32. The van der Waals surface area contributed by atoms with Crippen molar-refractivity contribution in [2.75, 3.05) is 7.05 Å². The molecule has 1 aromatic heterocycles. The van der Waals surface area contributed by atoms with E-state index in [1.54, 1.807) is 6.20 Å². The van der Waals surface area contributed by atoms with Gasteiger partial charge in [-0.15, -0.1) is 0 Å². The Morgan fingerprint density at radius 3 is 2.34 bits per heavy atom. The quantitative estimate of drug-likeness (QED) is 0.199. The number of nitrogens with zero attached hydrogens (tertiary/aromatic N) is 3. The summed E-state index contributed by atoms with van der Waals surface area (Å²) in [7, 11) is 1.82. The number of nitrogens with one attached hydrogen (secondary N) is 1. The van der Waals surface area contributed by atoms with Crippen LogP contribution in [0.25, 0.3) is 22.8 Å². The molecule has 0 fully saturated rings. The monoisotopic (exact) mass is 536 g/mol. The summed E-state index contributed by atoms with van der Waals surface area (Å²) in [5.41, 5.74) is 11.1. The summed E-state index contributed by atoms with van der Waals surface area (Å²) in [5, 5.41) is 3.74. The Bertz CT molecular complexity index is 1640. The van der Waals surface area contributed by atoms with Crippen molar-refractivity contribution in [1.29, 1.82) is 0 Å². The van der Waals surface area contributed by atoms with Gasteiger partial charge in [0.2, 0.25) is 0 Å². The van der Waals surface area contributed by atoms with Crippen LogP contribution in [0.1, 0.15) is 48.1 Å². The number of amidine groups is 1. The number of benzene rings is 3. The zero-order valence-corrected chi connectivity index (χ0v) is 24.2. The van der Waals surface area contributed by atoms with Crippen LogP contribution in [0.3, 0.4) is 0 Å². The van der Waals surface area contributed by atoms with Crippen LogP contribution in [0.15, 0.2) is 131 Å². The minimum absolute atomic E-state index is 0.0466. The van der Waals surface area contributed by atoms with E-state index in [1.165, 1.54) is 16.7 Å². The molecule has 1 unspecified atom stereocenters. The van der Waals surface area contributed by atoms with Gasteiger partial charge in [-0.25, -0.2) is 4.99 Å². The first-order chi connectivity index (χ1) is 20.1. The Hall–Kier alpha value is -4.83. The number of aromatic nitrogens is 1. The van der Waals surface area contributed by atoms with E-state index in [9.17, 15) is 0 Å². The lowest BCUT2D eigenvalue weighted by Crippen LogP contribution is -2.36. The van der Waals surface area contributed by atoms with Crippen molar-refractivity contribution >= 4 is 23.2 Å². The molecule has 0 aliphatic carbocycles. The molecule has 1 aliphatic rings. The molecule has 5 rings (SSSR count). The summed E-state index contributed by atoms with van der Waals surface area (Å²) in [4.78, 5) is 14.4. The van der Waals surface area contributed by atoms with Crippen molar-refractivity contribution in [3.8, 4) is 11.1 Å². The summed E-state index contributed by atoms with van der Waals surface area (Å²) in [6.07, 6.45) is 13.2. The molecule has 0 amide bonds. The molecule has 0 saturated carbocycles. The number of rotatable bonds is 6. The number of pyridine rings is 1. The zero-order chi connectivity index (χ0) is 28.6. The molecule has 4 heteroatoms. The number of aryl methyl sites for hydroxylation is 1. The first kappa shape index (κ1) is 27.7. The van der Waals surface area contributed by atoms with Gasteiger partial charge in [0.15, 0.2) is 5.84 Å². The predicted molar refractivity (Wildman–Crippen MR) is 174 cm³/mol. The van der Waals surface area contributed by atoms with Gasteiger partial charge in [-0.1, -0.05) is 97.1 Å². The number of aliphatic imine (C=N–C) groups is 2. The van der Waals surface area contributed by atoms with E-state index in [0.29, 0.717) is 5.84 Å². The summed E-state index contributed by atoms with van der Waals surface area (Å²) < 4.78 is 0. The Morgan fingerprint density at radius 1 is 0.878 bits per heavy atom. The van der Waals surface area contributed by atoms with Crippen molar-refractivity contribution < 1.29 is 0 Å². The molecule has 0 bridgehead atoms. The van der Waals surface area contributed by atoms with E-state index in [-0.39, 0.29) is 6.04 Å². The second-order valence-corrected chi connectivity index (χ2v) is 10.2. The van der Waals surface area contributed by atoms with Crippen LogP contribution in [0.2, 0.25) is 0 Å². The lowest BCUT2D eigenvalue weighted by atomic mass is 9.96. The summed E-state index contributed by atoms with van der Waals surface area (Å²) >= 11 is 0. The van der Waals surface area contributed by atoms with Gasteiger partial charge in [-0.2, -0.15) is 0 Å².